The monoisotopic (exact) mass is 404 g/mol. The lowest BCUT2D eigenvalue weighted by atomic mass is 9.99. The van der Waals surface area contributed by atoms with Crippen molar-refractivity contribution in [1.29, 1.82) is 0 Å². The molecule has 1 saturated heterocycles. The fourth-order valence-corrected chi connectivity index (χ4v) is 3.35. The number of carbonyl (C=O) groups is 2. The fourth-order valence-electron chi connectivity index (χ4n) is 3.35. The number of benzene rings is 1. The highest BCUT2D eigenvalue weighted by Crippen LogP contribution is 2.37. The van der Waals surface area contributed by atoms with Crippen LogP contribution in [-0.4, -0.2) is 65.4 Å². The van der Waals surface area contributed by atoms with Crippen molar-refractivity contribution in [1.82, 2.24) is 10.6 Å². The minimum atomic E-state index is -1.52. The number of nitrogens with one attached hydrogen (secondary N) is 2. The van der Waals surface area contributed by atoms with Crippen LogP contribution >= 0.6 is 0 Å². The summed E-state index contributed by atoms with van der Waals surface area (Å²) in [7, 11) is 0. The molecule has 12 heteroatoms. The Kier molecular flexibility index (Phi) is 5.66. The number of hydrogen-bond donors (Lipinski definition) is 4. The van der Waals surface area contributed by atoms with Gasteiger partial charge in [0.05, 0.1) is 24.1 Å². The molecular formula is C17H20N6O6. The SMILES string of the molecule is Cc1cc2c(cc1C)N(CC(O)C(N=O)C(CO)N=O)C1NC(=O)NC(=O)C1=N2. The fraction of sp³-hybridized carbons (Fsp3) is 0.471. The van der Waals surface area contributed by atoms with E-state index >= 15 is 0 Å². The van der Waals surface area contributed by atoms with Gasteiger partial charge < -0.3 is 20.4 Å². The molecule has 2 aliphatic rings. The molecule has 4 atom stereocenters. The van der Waals surface area contributed by atoms with Crippen LogP contribution in [0, 0.1) is 23.7 Å². The van der Waals surface area contributed by atoms with E-state index in [1.54, 1.807) is 12.1 Å². The number of fused-ring (bicyclic) bond motifs is 2. The molecule has 29 heavy (non-hydrogen) atoms. The van der Waals surface area contributed by atoms with Crippen molar-refractivity contribution in [3.05, 3.63) is 33.1 Å². The van der Waals surface area contributed by atoms with Crippen LogP contribution in [0.25, 0.3) is 0 Å². The van der Waals surface area contributed by atoms with Crippen molar-refractivity contribution in [2.75, 3.05) is 18.1 Å². The standard InChI is InChI=1S/C17H20N6O6/c1-7-3-9-11(4-8(7)2)23(5-12(25)13(22-29)10(6-24)21-28)15-14(18-9)16(26)20-17(27)19-15/h3-4,10,12-13,15,24-25H,5-6H2,1-2H3,(H2,19,20,26,27). The number of amides is 3. The van der Waals surface area contributed by atoms with Gasteiger partial charge in [-0.1, -0.05) is 10.4 Å². The van der Waals surface area contributed by atoms with E-state index in [0.29, 0.717) is 11.4 Å². The molecule has 3 amide bonds. The van der Waals surface area contributed by atoms with Gasteiger partial charge in [0, 0.05) is 6.54 Å². The number of β-amino-alcohol motifs (C(OH)–C–C–N with tert-alkyl or cyclic N) is 1. The topological polar surface area (TPSA) is 173 Å². The Bertz CT molecular complexity index is 903. The van der Waals surface area contributed by atoms with Crippen LogP contribution in [-0.2, 0) is 4.79 Å². The van der Waals surface area contributed by atoms with Crippen LogP contribution in [0.3, 0.4) is 0 Å². The summed E-state index contributed by atoms with van der Waals surface area (Å²) in [6, 6.07) is -0.137. The summed E-state index contributed by atoms with van der Waals surface area (Å²) in [5.74, 6) is -0.685. The lowest BCUT2D eigenvalue weighted by Crippen LogP contribution is -2.67. The largest absolute Gasteiger partial charge is 0.394 e. The normalized spacial score (nSPS) is 21.0. The zero-order valence-corrected chi connectivity index (χ0v) is 15.7. The van der Waals surface area contributed by atoms with E-state index in [1.807, 2.05) is 13.8 Å². The molecule has 1 aromatic carbocycles. The Morgan fingerprint density at radius 2 is 1.90 bits per heavy atom. The number of nitroso groups, excluding NO2 is 2. The molecule has 2 aliphatic heterocycles. The van der Waals surface area contributed by atoms with Gasteiger partial charge in [-0.3, -0.25) is 10.1 Å². The average molecular weight is 404 g/mol. The van der Waals surface area contributed by atoms with Crippen molar-refractivity contribution < 1.29 is 19.8 Å². The van der Waals surface area contributed by atoms with Crippen molar-refractivity contribution in [2.45, 2.75) is 38.2 Å². The quantitative estimate of drug-likeness (QED) is 0.462. The number of nitrogens with zero attached hydrogens (tertiary/aromatic N) is 4. The first kappa shape index (κ1) is 20.5. The molecule has 2 heterocycles. The number of carbonyl (C=O) groups excluding carboxylic acids is 2. The number of anilines is 1. The minimum absolute atomic E-state index is 0.00962. The number of aliphatic hydroxyl groups is 2. The Balaban J connectivity index is 2.03. The molecule has 0 aromatic heterocycles. The molecule has 0 spiro atoms. The van der Waals surface area contributed by atoms with Crippen LogP contribution < -0.4 is 15.5 Å². The van der Waals surface area contributed by atoms with Crippen LogP contribution in [0.2, 0.25) is 0 Å². The summed E-state index contributed by atoms with van der Waals surface area (Å²) >= 11 is 0. The zero-order valence-electron chi connectivity index (χ0n) is 15.7. The number of hydrogen-bond acceptors (Lipinski definition) is 10. The van der Waals surface area contributed by atoms with Gasteiger partial charge in [0.1, 0.15) is 17.8 Å². The summed E-state index contributed by atoms with van der Waals surface area (Å²) < 4.78 is 0. The predicted octanol–water partition coefficient (Wildman–Crippen LogP) is -0.0154. The first-order valence-corrected chi connectivity index (χ1v) is 8.82. The van der Waals surface area contributed by atoms with E-state index < -0.39 is 42.9 Å². The summed E-state index contributed by atoms with van der Waals surface area (Å²) in [5, 5.41) is 29.8. The van der Waals surface area contributed by atoms with E-state index in [-0.39, 0.29) is 12.3 Å². The zero-order chi connectivity index (χ0) is 21.3. The third-order valence-corrected chi connectivity index (χ3v) is 5.06. The number of rotatable bonds is 7. The highest BCUT2D eigenvalue weighted by molar-refractivity contribution is 6.46. The number of urea groups is 1. The Morgan fingerprint density at radius 3 is 2.52 bits per heavy atom. The van der Waals surface area contributed by atoms with Crippen LogP contribution in [0.1, 0.15) is 11.1 Å². The lowest BCUT2D eigenvalue weighted by Gasteiger charge is -2.41. The average Bonchev–Trinajstić information content (AvgIpc) is 2.68. The van der Waals surface area contributed by atoms with Gasteiger partial charge >= 0.3 is 6.03 Å². The maximum Gasteiger partial charge on any atom is 0.323 e. The first-order valence-electron chi connectivity index (χ1n) is 8.82. The third kappa shape index (κ3) is 3.71. The van der Waals surface area contributed by atoms with Gasteiger partial charge in [-0.15, -0.1) is 0 Å². The van der Waals surface area contributed by atoms with E-state index in [2.05, 4.69) is 26.0 Å². The maximum atomic E-state index is 12.3. The summed E-state index contributed by atoms with van der Waals surface area (Å²) in [6.45, 7) is 2.69. The Hall–Kier alpha value is -3.25. The van der Waals surface area contributed by atoms with Gasteiger partial charge in [0.25, 0.3) is 5.91 Å². The molecule has 3 rings (SSSR count). The van der Waals surface area contributed by atoms with Crippen LogP contribution in [0.4, 0.5) is 16.2 Å². The number of aliphatic hydroxyl groups excluding tert-OH is 2. The predicted molar refractivity (Wildman–Crippen MR) is 103 cm³/mol. The maximum absolute atomic E-state index is 12.3. The van der Waals surface area contributed by atoms with Crippen molar-refractivity contribution in [3.8, 4) is 0 Å². The van der Waals surface area contributed by atoms with Gasteiger partial charge in [-0.05, 0) is 37.1 Å². The summed E-state index contributed by atoms with van der Waals surface area (Å²) in [4.78, 5) is 52.0. The molecule has 4 unspecified atom stereocenters. The van der Waals surface area contributed by atoms with E-state index in [1.165, 1.54) is 4.90 Å². The van der Waals surface area contributed by atoms with Gasteiger partial charge in [0.2, 0.25) is 0 Å². The second-order valence-electron chi connectivity index (χ2n) is 6.92. The molecule has 1 fully saturated rings. The number of imide groups is 1. The molecule has 1 aromatic rings. The smallest absolute Gasteiger partial charge is 0.323 e. The van der Waals surface area contributed by atoms with Crippen LogP contribution in [0.5, 0.6) is 0 Å². The Morgan fingerprint density at radius 1 is 1.21 bits per heavy atom. The van der Waals surface area contributed by atoms with Crippen molar-refractivity contribution >= 4 is 29.0 Å². The molecule has 12 nitrogen and oxygen atoms in total. The highest BCUT2D eigenvalue weighted by atomic mass is 16.3. The van der Waals surface area contributed by atoms with Crippen molar-refractivity contribution in [3.63, 3.8) is 0 Å². The molecule has 0 saturated carbocycles. The van der Waals surface area contributed by atoms with Crippen LogP contribution in [0.15, 0.2) is 27.5 Å². The van der Waals surface area contributed by atoms with E-state index in [0.717, 1.165) is 11.1 Å². The molecule has 4 N–H and O–H groups in total. The first-order chi connectivity index (χ1) is 13.8. The van der Waals surface area contributed by atoms with E-state index in [4.69, 9.17) is 0 Å². The number of aryl methyl sites for hydroxylation is 2. The number of aliphatic imine (C=N–C) groups is 1. The van der Waals surface area contributed by atoms with Gasteiger partial charge in [-0.25, -0.2) is 9.79 Å². The van der Waals surface area contributed by atoms with Crippen molar-refractivity contribution in [2.24, 2.45) is 15.3 Å². The second kappa shape index (κ2) is 8.01. The molecule has 154 valence electrons. The molecule has 0 aliphatic carbocycles. The highest BCUT2D eigenvalue weighted by Gasteiger charge is 2.42. The third-order valence-electron chi connectivity index (χ3n) is 5.06. The molecule has 0 bridgehead atoms. The second-order valence-corrected chi connectivity index (χ2v) is 6.92. The lowest BCUT2D eigenvalue weighted by molar-refractivity contribution is -0.114. The summed E-state index contributed by atoms with van der Waals surface area (Å²) in [5.41, 5.74) is 2.79. The molecular weight excluding hydrogens is 384 g/mol. The van der Waals surface area contributed by atoms with E-state index in [9.17, 15) is 29.6 Å². The van der Waals surface area contributed by atoms with Gasteiger partial charge in [-0.2, -0.15) is 9.81 Å². The van der Waals surface area contributed by atoms with Gasteiger partial charge in [0.15, 0.2) is 6.17 Å². The molecule has 0 radical (unpaired) electrons. The Labute approximate surface area is 164 Å². The summed E-state index contributed by atoms with van der Waals surface area (Å²) in [6.07, 6.45) is -2.51. The minimum Gasteiger partial charge on any atom is -0.394 e.